The van der Waals surface area contributed by atoms with E-state index in [4.69, 9.17) is 4.74 Å². The molecule has 1 aliphatic heterocycles. The van der Waals surface area contributed by atoms with Crippen molar-refractivity contribution >= 4 is 5.97 Å². The predicted molar refractivity (Wildman–Crippen MR) is 71.7 cm³/mol. The Balaban J connectivity index is 2.17. The number of hydrogen-bond donors (Lipinski definition) is 1. The van der Waals surface area contributed by atoms with Crippen molar-refractivity contribution in [2.24, 2.45) is 0 Å². The first-order valence-corrected chi connectivity index (χ1v) is 6.81. The number of aryl methyl sites for hydroxylation is 1. The van der Waals surface area contributed by atoms with Gasteiger partial charge >= 0.3 is 5.97 Å². The van der Waals surface area contributed by atoms with Gasteiger partial charge in [0.05, 0.1) is 13.3 Å². The lowest BCUT2D eigenvalue weighted by molar-refractivity contribution is -0.147. The Bertz CT molecular complexity index is 413. The normalized spacial score (nSPS) is 18.2. The van der Waals surface area contributed by atoms with E-state index in [1.54, 1.807) is 6.20 Å². The number of ether oxygens (including phenoxy) is 1. The molecule has 0 saturated carbocycles. The summed E-state index contributed by atoms with van der Waals surface area (Å²) in [4.78, 5) is 14.2. The smallest absolute Gasteiger partial charge is 0.327 e. The topological polar surface area (TPSA) is 59.4 Å². The molecule has 6 heteroatoms. The third kappa shape index (κ3) is 3.33. The van der Waals surface area contributed by atoms with Crippen molar-refractivity contribution in [3.63, 3.8) is 0 Å². The number of carbonyl (C=O) groups is 1. The molecule has 1 aromatic heterocycles. The Morgan fingerprint density at radius 3 is 2.89 bits per heavy atom. The second-order valence-corrected chi connectivity index (χ2v) is 4.75. The largest absolute Gasteiger partial charge is 0.468 e. The van der Waals surface area contributed by atoms with Gasteiger partial charge in [-0.05, 0) is 6.42 Å². The molecule has 1 fully saturated rings. The van der Waals surface area contributed by atoms with Crippen molar-refractivity contribution in [2.45, 2.75) is 25.9 Å². The van der Waals surface area contributed by atoms with Crippen LogP contribution in [0.1, 0.15) is 24.9 Å². The van der Waals surface area contributed by atoms with Crippen LogP contribution in [0.3, 0.4) is 0 Å². The van der Waals surface area contributed by atoms with Crippen molar-refractivity contribution in [3.8, 4) is 0 Å². The average molecular weight is 266 g/mol. The Morgan fingerprint density at radius 1 is 1.53 bits per heavy atom. The highest BCUT2D eigenvalue weighted by Crippen LogP contribution is 2.22. The van der Waals surface area contributed by atoms with Crippen molar-refractivity contribution in [2.75, 3.05) is 33.3 Å². The second kappa shape index (κ2) is 6.68. The summed E-state index contributed by atoms with van der Waals surface area (Å²) in [5.74, 6) is -0.210. The highest BCUT2D eigenvalue weighted by Gasteiger charge is 2.30. The van der Waals surface area contributed by atoms with Gasteiger partial charge in [-0.25, -0.2) is 4.79 Å². The van der Waals surface area contributed by atoms with Gasteiger partial charge in [-0.3, -0.25) is 9.58 Å². The Morgan fingerprint density at radius 2 is 2.26 bits per heavy atom. The van der Waals surface area contributed by atoms with E-state index in [0.717, 1.165) is 44.7 Å². The third-order valence-electron chi connectivity index (χ3n) is 3.36. The molecular weight excluding hydrogens is 244 g/mol. The molecule has 2 heterocycles. The maximum absolute atomic E-state index is 12.1. The van der Waals surface area contributed by atoms with E-state index >= 15 is 0 Å². The van der Waals surface area contributed by atoms with Gasteiger partial charge in [0, 0.05) is 44.5 Å². The van der Waals surface area contributed by atoms with Gasteiger partial charge in [-0.1, -0.05) is 6.92 Å². The zero-order chi connectivity index (χ0) is 13.7. The van der Waals surface area contributed by atoms with Crippen molar-refractivity contribution in [1.82, 2.24) is 20.0 Å². The van der Waals surface area contributed by atoms with Crippen molar-refractivity contribution in [1.29, 1.82) is 0 Å². The highest BCUT2D eigenvalue weighted by molar-refractivity contribution is 5.77. The van der Waals surface area contributed by atoms with Gasteiger partial charge in [0.15, 0.2) is 0 Å². The van der Waals surface area contributed by atoms with Crippen molar-refractivity contribution in [3.05, 3.63) is 18.0 Å². The molecule has 0 aromatic carbocycles. The lowest BCUT2D eigenvalue weighted by Crippen LogP contribution is -2.47. The number of hydrogen-bond acceptors (Lipinski definition) is 5. The zero-order valence-electron chi connectivity index (χ0n) is 11.6. The van der Waals surface area contributed by atoms with Crippen LogP contribution in [0.15, 0.2) is 12.4 Å². The Labute approximate surface area is 113 Å². The maximum Gasteiger partial charge on any atom is 0.327 e. The van der Waals surface area contributed by atoms with Crippen LogP contribution in [-0.2, 0) is 16.1 Å². The summed E-state index contributed by atoms with van der Waals surface area (Å²) in [5.41, 5.74) is 0.919. The van der Waals surface area contributed by atoms with Gasteiger partial charge in [0.25, 0.3) is 0 Å². The van der Waals surface area contributed by atoms with Gasteiger partial charge in [-0.15, -0.1) is 0 Å². The molecule has 2 rings (SSSR count). The molecule has 1 unspecified atom stereocenters. The van der Waals surface area contributed by atoms with Crippen LogP contribution in [0.25, 0.3) is 0 Å². The number of nitrogens with zero attached hydrogens (tertiary/aromatic N) is 3. The second-order valence-electron chi connectivity index (χ2n) is 4.75. The van der Waals surface area contributed by atoms with Gasteiger partial charge < -0.3 is 10.1 Å². The van der Waals surface area contributed by atoms with Crippen LogP contribution in [-0.4, -0.2) is 53.9 Å². The summed E-state index contributed by atoms with van der Waals surface area (Å²) in [6.45, 7) is 6.47. The van der Waals surface area contributed by atoms with Gasteiger partial charge in [0.1, 0.15) is 6.04 Å². The van der Waals surface area contributed by atoms with Crippen LogP contribution in [0.2, 0.25) is 0 Å². The molecule has 1 atom stereocenters. The lowest BCUT2D eigenvalue weighted by Gasteiger charge is -2.32. The minimum atomic E-state index is -0.335. The van der Waals surface area contributed by atoms with Crippen LogP contribution in [0.5, 0.6) is 0 Å². The minimum absolute atomic E-state index is 0.210. The SMILES string of the molecule is CCCn1cc(C(C(=O)OC)N2CCNCC2)cn1. The summed E-state index contributed by atoms with van der Waals surface area (Å²) < 4.78 is 6.83. The fraction of sp³-hybridized carbons (Fsp3) is 0.692. The molecule has 1 saturated heterocycles. The van der Waals surface area contributed by atoms with E-state index in [1.807, 2.05) is 10.9 Å². The number of methoxy groups -OCH3 is 1. The highest BCUT2D eigenvalue weighted by atomic mass is 16.5. The number of carbonyl (C=O) groups excluding carboxylic acids is 1. The summed E-state index contributed by atoms with van der Waals surface area (Å²) >= 11 is 0. The van der Waals surface area contributed by atoms with Gasteiger partial charge in [0.2, 0.25) is 0 Å². The fourth-order valence-electron chi connectivity index (χ4n) is 2.42. The quantitative estimate of drug-likeness (QED) is 0.782. The molecule has 0 amide bonds. The van der Waals surface area contributed by atoms with E-state index in [1.165, 1.54) is 7.11 Å². The molecule has 6 nitrogen and oxygen atoms in total. The molecular formula is C13H22N4O2. The molecule has 0 spiro atoms. The Kier molecular flexibility index (Phi) is 4.93. The number of nitrogens with one attached hydrogen (secondary N) is 1. The average Bonchev–Trinajstić information content (AvgIpc) is 2.89. The standard InChI is InChI=1S/C13H22N4O2/c1-3-6-17-10-11(9-15-17)12(13(18)19-2)16-7-4-14-5-8-16/h9-10,12,14H,3-8H2,1-2H3. The van der Waals surface area contributed by atoms with E-state index in [9.17, 15) is 4.79 Å². The fourth-order valence-corrected chi connectivity index (χ4v) is 2.42. The minimum Gasteiger partial charge on any atom is -0.468 e. The third-order valence-corrected chi connectivity index (χ3v) is 3.36. The van der Waals surface area contributed by atoms with Crippen LogP contribution < -0.4 is 5.32 Å². The first-order valence-electron chi connectivity index (χ1n) is 6.81. The molecule has 1 aromatic rings. The summed E-state index contributed by atoms with van der Waals surface area (Å²) in [5, 5.41) is 7.59. The molecule has 0 radical (unpaired) electrons. The Hall–Kier alpha value is -1.40. The van der Waals surface area contributed by atoms with E-state index < -0.39 is 0 Å². The van der Waals surface area contributed by atoms with E-state index in [-0.39, 0.29) is 12.0 Å². The molecule has 1 aliphatic rings. The molecule has 0 bridgehead atoms. The number of rotatable bonds is 5. The number of aromatic nitrogens is 2. The molecule has 0 aliphatic carbocycles. The van der Waals surface area contributed by atoms with Gasteiger partial charge in [-0.2, -0.15) is 5.10 Å². The van der Waals surface area contributed by atoms with Crippen molar-refractivity contribution < 1.29 is 9.53 Å². The summed E-state index contributed by atoms with van der Waals surface area (Å²) in [6.07, 6.45) is 4.75. The number of esters is 1. The van der Waals surface area contributed by atoms with Crippen LogP contribution in [0.4, 0.5) is 0 Å². The van der Waals surface area contributed by atoms with Crippen LogP contribution in [0, 0.1) is 0 Å². The number of piperazine rings is 1. The first-order chi connectivity index (χ1) is 9.26. The molecule has 106 valence electrons. The monoisotopic (exact) mass is 266 g/mol. The maximum atomic E-state index is 12.1. The molecule has 1 N–H and O–H groups in total. The lowest BCUT2D eigenvalue weighted by atomic mass is 10.1. The predicted octanol–water partition coefficient (Wildman–Crippen LogP) is 0.412. The van der Waals surface area contributed by atoms with E-state index in [2.05, 4.69) is 22.2 Å². The van der Waals surface area contributed by atoms with Crippen LogP contribution >= 0.6 is 0 Å². The van der Waals surface area contributed by atoms with E-state index in [0.29, 0.717) is 0 Å². The summed E-state index contributed by atoms with van der Waals surface area (Å²) in [6, 6.07) is -0.335. The molecule has 19 heavy (non-hydrogen) atoms. The zero-order valence-corrected chi connectivity index (χ0v) is 11.6. The first kappa shape index (κ1) is 14.0. The summed E-state index contributed by atoms with van der Waals surface area (Å²) in [7, 11) is 1.44.